The third kappa shape index (κ3) is 4.80. The van der Waals surface area contributed by atoms with Crippen LogP contribution in [-0.2, 0) is 23.8 Å². The highest BCUT2D eigenvalue weighted by Gasteiger charge is 2.38. The van der Waals surface area contributed by atoms with Crippen LogP contribution in [0.2, 0.25) is 0 Å². The van der Waals surface area contributed by atoms with Crippen LogP contribution in [0.25, 0.3) is 0 Å². The predicted molar refractivity (Wildman–Crippen MR) is 88.6 cm³/mol. The van der Waals surface area contributed by atoms with E-state index in [0.717, 1.165) is 0 Å². The van der Waals surface area contributed by atoms with Gasteiger partial charge in [0.15, 0.2) is 5.57 Å². The fourth-order valence-electron chi connectivity index (χ4n) is 2.10. The Morgan fingerprint density at radius 2 is 1.84 bits per heavy atom. The quantitative estimate of drug-likeness (QED) is 0.344. The van der Waals surface area contributed by atoms with Crippen LogP contribution in [0.3, 0.4) is 0 Å². The number of amides is 1. The lowest BCUT2D eigenvalue weighted by molar-refractivity contribution is -0.222. The summed E-state index contributed by atoms with van der Waals surface area (Å²) in [7, 11) is 1.54. The molecule has 1 aliphatic heterocycles. The Morgan fingerprint density at radius 3 is 2.48 bits per heavy atom. The zero-order valence-corrected chi connectivity index (χ0v) is 14.3. The summed E-state index contributed by atoms with van der Waals surface area (Å²) in [4.78, 5) is 36.0. The van der Waals surface area contributed by atoms with E-state index in [1.807, 2.05) is 0 Å². The molecule has 8 heteroatoms. The maximum absolute atomic E-state index is 12.2. The SMILES string of the molecule is COCCNC(=O)c1ccccc1NC=C1C(=O)OC(C)(C)OC1=O. The maximum Gasteiger partial charge on any atom is 0.350 e. The van der Waals surface area contributed by atoms with E-state index >= 15 is 0 Å². The average Bonchev–Trinajstić information content (AvgIpc) is 2.53. The molecular weight excluding hydrogens is 328 g/mol. The second kappa shape index (κ2) is 7.80. The van der Waals surface area contributed by atoms with E-state index in [4.69, 9.17) is 14.2 Å². The van der Waals surface area contributed by atoms with Gasteiger partial charge in [-0.1, -0.05) is 12.1 Å². The lowest BCUT2D eigenvalue weighted by Gasteiger charge is -2.29. The number of anilines is 1. The van der Waals surface area contributed by atoms with Gasteiger partial charge in [-0.15, -0.1) is 0 Å². The zero-order chi connectivity index (χ0) is 18.4. The van der Waals surface area contributed by atoms with Crippen LogP contribution in [0.5, 0.6) is 0 Å². The summed E-state index contributed by atoms with van der Waals surface area (Å²) in [6.07, 6.45) is 1.17. The lowest BCUT2D eigenvalue weighted by atomic mass is 10.1. The first-order chi connectivity index (χ1) is 11.8. The number of cyclic esters (lactones) is 2. The van der Waals surface area contributed by atoms with Gasteiger partial charge in [0.25, 0.3) is 11.7 Å². The Balaban J connectivity index is 2.14. The molecule has 1 saturated heterocycles. The molecule has 0 atom stereocenters. The molecule has 1 aromatic carbocycles. The van der Waals surface area contributed by atoms with E-state index < -0.39 is 17.7 Å². The minimum Gasteiger partial charge on any atom is -0.419 e. The van der Waals surface area contributed by atoms with Gasteiger partial charge in [-0.2, -0.15) is 0 Å². The highest BCUT2D eigenvalue weighted by atomic mass is 16.7. The van der Waals surface area contributed by atoms with Crippen molar-refractivity contribution in [3.05, 3.63) is 41.6 Å². The highest BCUT2D eigenvalue weighted by molar-refractivity contribution is 6.15. The van der Waals surface area contributed by atoms with Gasteiger partial charge in [0, 0.05) is 33.7 Å². The van der Waals surface area contributed by atoms with Crippen molar-refractivity contribution in [1.29, 1.82) is 0 Å². The molecular formula is C17H20N2O6. The lowest BCUT2D eigenvalue weighted by Crippen LogP contribution is -2.42. The Kier molecular flexibility index (Phi) is 5.76. The number of carbonyl (C=O) groups excluding carboxylic acids is 3. The molecule has 134 valence electrons. The van der Waals surface area contributed by atoms with Gasteiger partial charge < -0.3 is 24.8 Å². The predicted octanol–water partition coefficient (Wildman–Crippen LogP) is 1.19. The molecule has 25 heavy (non-hydrogen) atoms. The van der Waals surface area contributed by atoms with Crippen LogP contribution < -0.4 is 10.6 Å². The average molecular weight is 348 g/mol. The minimum atomic E-state index is -1.30. The van der Waals surface area contributed by atoms with Gasteiger partial charge in [0.1, 0.15) is 0 Å². The molecule has 1 aliphatic rings. The summed E-state index contributed by atoms with van der Waals surface area (Å²) < 4.78 is 14.9. The molecule has 8 nitrogen and oxygen atoms in total. The van der Waals surface area contributed by atoms with Crippen LogP contribution in [-0.4, -0.2) is 43.9 Å². The number of rotatable bonds is 6. The van der Waals surface area contributed by atoms with E-state index in [1.165, 1.54) is 27.2 Å². The molecule has 0 unspecified atom stereocenters. The Bertz CT molecular complexity index is 689. The third-order valence-corrected chi connectivity index (χ3v) is 3.25. The molecule has 0 bridgehead atoms. The molecule has 0 spiro atoms. The largest absolute Gasteiger partial charge is 0.419 e. The van der Waals surface area contributed by atoms with Crippen molar-refractivity contribution in [3.63, 3.8) is 0 Å². The first-order valence-electron chi connectivity index (χ1n) is 7.63. The van der Waals surface area contributed by atoms with Crippen molar-refractivity contribution < 1.29 is 28.6 Å². The molecule has 1 heterocycles. The Hall–Kier alpha value is -2.87. The van der Waals surface area contributed by atoms with Crippen LogP contribution >= 0.6 is 0 Å². The van der Waals surface area contributed by atoms with Crippen molar-refractivity contribution >= 4 is 23.5 Å². The summed E-state index contributed by atoms with van der Waals surface area (Å²) in [6.45, 7) is 3.68. The number of hydrogen-bond donors (Lipinski definition) is 2. The fraction of sp³-hybridized carbons (Fsp3) is 0.353. The molecule has 2 N–H and O–H groups in total. The molecule has 0 saturated carbocycles. The Labute approximate surface area is 145 Å². The first-order valence-corrected chi connectivity index (χ1v) is 7.63. The summed E-state index contributed by atoms with van der Waals surface area (Å²) in [5, 5.41) is 5.49. The molecule has 2 rings (SSSR count). The van der Waals surface area contributed by atoms with Crippen LogP contribution in [0.15, 0.2) is 36.0 Å². The van der Waals surface area contributed by atoms with Gasteiger partial charge in [-0.05, 0) is 12.1 Å². The topological polar surface area (TPSA) is 103 Å². The molecule has 0 radical (unpaired) electrons. The summed E-state index contributed by atoms with van der Waals surface area (Å²) in [5.74, 6) is -3.20. The second-order valence-corrected chi connectivity index (χ2v) is 5.68. The van der Waals surface area contributed by atoms with E-state index in [-0.39, 0.29) is 11.5 Å². The smallest absolute Gasteiger partial charge is 0.350 e. The van der Waals surface area contributed by atoms with Crippen molar-refractivity contribution in [2.24, 2.45) is 0 Å². The van der Waals surface area contributed by atoms with Gasteiger partial charge >= 0.3 is 11.9 Å². The van der Waals surface area contributed by atoms with Crippen LogP contribution in [0, 0.1) is 0 Å². The zero-order valence-electron chi connectivity index (χ0n) is 14.3. The number of para-hydroxylation sites is 1. The third-order valence-electron chi connectivity index (χ3n) is 3.25. The number of esters is 2. The van der Waals surface area contributed by atoms with E-state index in [9.17, 15) is 14.4 Å². The normalized spacial score (nSPS) is 15.9. The number of hydrogen-bond acceptors (Lipinski definition) is 7. The van der Waals surface area contributed by atoms with Gasteiger partial charge in [0.05, 0.1) is 17.9 Å². The summed E-state index contributed by atoms with van der Waals surface area (Å²) in [6, 6.07) is 6.68. The van der Waals surface area contributed by atoms with Gasteiger partial charge in [-0.25, -0.2) is 9.59 Å². The van der Waals surface area contributed by atoms with Crippen molar-refractivity contribution in [2.75, 3.05) is 25.6 Å². The minimum absolute atomic E-state index is 0.283. The molecule has 1 aromatic rings. The Morgan fingerprint density at radius 1 is 1.20 bits per heavy atom. The number of nitrogens with one attached hydrogen (secondary N) is 2. The standard InChI is InChI=1S/C17H20N2O6/c1-17(2)24-15(21)12(16(22)25-17)10-19-13-7-5-4-6-11(13)14(20)18-8-9-23-3/h4-7,10,19H,8-9H2,1-3H3,(H,18,20). The molecule has 0 aliphatic carbocycles. The fourth-order valence-corrected chi connectivity index (χ4v) is 2.10. The summed E-state index contributed by atoms with van der Waals surface area (Å²) >= 11 is 0. The monoisotopic (exact) mass is 348 g/mol. The van der Waals surface area contributed by atoms with Crippen molar-refractivity contribution in [3.8, 4) is 0 Å². The van der Waals surface area contributed by atoms with E-state index in [2.05, 4.69) is 10.6 Å². The summed E-state index contributed by atoms with van der Waals surface area (Å²) in [5.41, 5.74) is 0.498. The molecule has 1 fully saturated rings. The van der Waals surface area contributed by atoms with Gasteiger partial charge in [-0.3, -0.25) is 4.79 Å². The van der Waals surface area contributed by atoms with Crippen molar-refractivity contribution in [2.45, 2.75) is 19.6 Å². The van der Waals surface area contributed by atoms with Gasteiger partial charge in [0.2, 0.25) is 0 Å². The van der Waals surface area contributed by atoms with E-state index in [0.29, 0.717) is 24.4 Å². The highest BCUT2D eigenvalue weighted by Crippen LogP contribution is 2.23. The second-order valence-electron chi connectivity index (χ2n) is 5.68. The maximum atomic E-state index is 12.2. The number of benzene rings is 1. The van der Waals surface area contributed by atoms with Crippen molar-refractivity contribution in [1.82, 2.24) is 5.32 Å². The number of ether oxygens (including phenoxy) is 3. The van der Waals surface area contributed by atoms with E-state index in [1.54, 1.807) is 24.3 Å². The number of carbonyl (C=O) groups is 3. The van der Waals surface area contributed by atoms with Crippen LogP contribution in [0.4, 0.5) is 5.69 Å². The van der Waals surface area contributed by atoms with Crippen LogP contribution in [0.1, 0.15) is 24.2 Å². The first kappa shape index (κ1) is 18.5. The number of methoxy groups -OCH3 is 1. The molecule has 0 aromatic heterocycles. The molecule has 1 amide bonds.